The molecule has 11 atom stereocenters. The summed E-state index contributed by atoms with van der Waals surface area (Å²) in [5, 5.41) is 86.3. The number of carboxylic acid groups (broad SMARTS) is 2. The van der Waals surface area contributed by atoms with Gasteiger partial charge in [-0.2, -0.15) is 5.26 Å². The van der Waals surface area contributed by atoms with E-state index in [1.807, 2.05) is 230 Å². The van der Waals surface area contributed by atoms with Crippen LogP contribution in [0.2, 0.25) is 0 Å². The molecule has 6 aromatic carbocycles. The fraction of sp³-hybridized carbons (Fsp3) is 0.510. The summed E-state index contributed by atoms with van der Waals surface area (Å²) in [4.78, 5) is 146. The number of aliphatic carboxylic acids is 2. The Morgan fingerprint density at radius 3 is 0.942 bits per heavy atom. The molecule has 39 nitrogen and oxygen atoms in total. The summed E-state index contributed by atoms with van der Waals surface area (Å²) in [5.41, 5.74) is 18.5. The lowest BCUT2D eigenvalue weighted by molar-refractivity contribution is -0.171. The quantitative estimate of drug-likeness (QED) is 0.00730. The van der Waals surface area contributed by atoms with Crippen molar-refractivity contribution in [1.29, 1.82) is 5.26 Å². The first-order valence-electron chi connectivity index (χ1n) is 46.7. The molecule has 3 saturated carbocycles. The Morgan fingerprint density at radius 1 is 0.403 bits per heavy atom. The molecule has 6 aromatic rings. The van der Waals surface area contributed by atoms with Gasteiger partial charge in [0.1, 0.15) is 64.1 Å². The molecular formula is C100H149N13O26. The number of nitriles is 1. The van der Waals surface area contributed by atoms with E-state index in [2.05, 4.69) is 52.9 Å². The number of nitrogens with zero attached hydrogens (tertiary/aromatic N) is 2. The van der Waals surface area contributed by atoms with Crippen LogP contribution in [-0.2, 0) is 107 Å². The summed E-state index contributed by atoms with van der Waals surface area (Å²) in [5.74, 6) is -3.48. The molecule has 770 valence electrons. The van der Waals surface area contributed by atoms with Crippen LogP contribution in [0.4, 0.5) is 28.8 Å². The number of likely N-dealkylation sites (N-methyl/N-ethyl adjacent to an activating group) is 1. The first kappa shape index (κ1) is 124. The number of benzene rings is 6. The summed E-state index contributed by atoms with van der Waals surface area (Å²) < 4.78 is 30.2. The van der Waals surface area contributed by atoms with Gasteiger partial charge in [-0.1, -0.05) is 275 Å². The van der Waals surface area contributed by atoms with Gasteiger partial charge >= 0.3 is 48.5 Å². The summed E-state index contributed by atoms with van der Waals surface area (Å²) in [6.07, 6.45) is 7.03. The van der Waals surface area contributed by atoms with Crippen molar-refractivity contribution < 1.29 is 126 Å². The van der Waals surface area contributed by atoms with Crippen LogP contribution in [0.25, 0.3) is 0 Å². The van der Waals surface area contributed by atoms with E-state index in [0.717, 1.165) is 103 Å². The minimum Gasteiger partial charge on any atom is -0.480 e. The van der Waals surface area contributed by atoms with E-state index >= 15 is 0 Å². The number of aldehydes is 1. The summed E-state index contributed by atoms with van der Waals surface area (Å²) in [6.45, 7) is 14.3. The number of carbonyl (C=O) groups excluding carboxylic acids is 10. The second-order valence-electron chi connectivity index (χ2n) is 32.0. The summed E-state index contributed by atoms with van der Waals surface area (Å²) in [7, 11) is 6.18. The minimum atomic E-state index is -1.64. The number of carbonyl (C=O) groups is 12. The van der Waals surface area contributed by atoms with Gasteiger partial charge in [0.2, 0.25) is 0 Å². The minimum absolute atomic E-state index is 0.0919. The number of hydrogen-bond acceptors (Lipinski definition) is 28. The van der Waals surface area contributed by atoms with Crippen molar-refractivity contribution in [2.75, 3.05) is 28.3 Å². The van der Waals surface area contributed by atoms with E-state index in [4.69, 9.17) is 60.2 Å². The van der Waals surface area contributed by atoms with Crippen LogP contribution in [0, 0.1) is 11.3 Å². The first-order chi connectivity index (χ1) is 66.7. The third kappa shape index (κ3) is 62.5. The largest absolute Gasteiger partial charge is 0.480 e. The number of nitrogens with two attached hydrogens (primary N) is 2. The van der Waals surface area contributed by atoms with Gasteiger partial charge in [0.15, 0.2) is 18.3 Å². The molecule has 9 amide bonds. The molecule has 0 aromatic heterocycles. The molecule has 4 unspecified atom stereocenters. The highest BCUT2D eigenvalue weighted by molar-refractivity contribution is 5.85. The van der Waals surface area contributed by atoms with Gasteiger partial charge in [-0.15, -0.1) is 0 Å². The van der Waals surface area contributed by atoms with Crippen LogP contribution < -0.4 is 59.5 Å². The zero-order valence-electron chi connectivity index (χ0n) is 81.8. The van der Waals surface area contributed by atoms with Gasteiger partial charge in [0.05, 0.1) is 44.5 Å². The smallest absolute Gasteiger partial charge is 0.408 e. The lowest BCUT2D eigenvalue weighted by Gasteiger charge is -2.23. The Balaban J connectivity index is 0.000000802. The van der Waals surface area contributed by atoms with Crippen LogP contribution in [0.5, 0.6) is 0 Å². The highest BCUT2D eigenvalue weighted by Crippen LogP contribution is 2.21. The Hall–Kier alpha value is -12.9. The number of aliphatic hydroxyl groups is 4. The maximum atomic E-state index is 12.0. The molecule has 0 heterocycles. The number of hydrogen-bond donors (Lipinski definition) is 17. The molecule has 3 aliphatic carbocycles. The lowest BCUT2D eigenvalue weighted by Crippen LogP contribution is -2.51. The van der Waals surface area contributed by atoms with E-state index in [9.17, 15) is 78.0 Å². The van der Waals surface area contributed by atoms with Crippen molar-refractivity contribution in [3.63, 3.8) is 0 Å². The van der Waals surface area contributed by atoms with Crippen molar-refractivity contribution in [2.45, 2.75) is 301 Å². The van der Waals surface area contributed by atoms with Gasteiger partial charge in [-0.3, -0.25) is 19.2 Å². The lowest BCUT2D eigenvalue weighted by atomic mass is 10.1. The second kappa shape index (κ2) is 77.1. The zero-order valence-corrected chi connectivity index (χ0v) is 81.8. The number of hydroxylamine groups is 3. The van der Waals surface area contributed by atoms with E-state index in [1.54, 1.807) is 20.2 Å². The number of nitrogens with one attached hydrogen (secondary N) is 9. The summed E-state index contributed by atoms with van der Waals surface area (Å²) in [6, 6.07) is 53.9. The van der Waals surface area contributed by atoms with Crippen LogP contribution in [0.3, 0.4) is 0 Å². The molecule has 0 saturated heterocycles. The van der Waals surface area contributed by atoms with Gasteiger partial charge < -0.3 is 123 Å². The van der Waals surface area contributed by atoms with Crippen molar-refractivity contribution in [1.82, 2.24) is 53.1 Å². The third-order valence-electron chi connectivity index (χ3n) is 19.7. The molecular weight excluding hydrogens is 1800 g/mol. The molecule has 39 heteroatoms. The Kier molecular flexibility index (Phi) is 68.8. The molecule has 19 N–H and O–H groups in total. The van der Waals surface area contributed by atoms with Gasteiger partial charge in [0, 0.05) is 38.3 Å². The highest BCUT2D eigenvalue weighted by Gasteiger charge is 2.34. The normalized spacial score (nSPS) is 14.0. The maximum absolute atomic E-state index is 12.0. The Labute approximate surface area is 815 Å². The molecule has 0 aliphatic heterocycles. The first-order valence-corrected chi connectivity index (χ1v) is 46.7. The molecule has 3 aliphatic rings. The molecule has 0 bridgehead atoms. The Morgan fingerprint density at radius 2 is 0.676 bits per heavy atom. The average Bonchev–Trinajstić information content (AvgIpc) is 1.74. The summed E-state index contributed by atoms with van der Waals surface area (Å²) >= 11 is 0. The van der Waals surface area contributed by atoms with E-state index in [1.165, 1.54) is 27.0 Å². The predicted molar refractivity (Wildman–Crippen MR) is 520 cm³/mol. The number of alkyl carbamates (subject to hydrolysis) is 6. The zero-order chi connectivity index (χ0) is 104. The number of carboxylic acids is 2. The van der Waals surface area contributed by atoms with Crippen LogP contribution >= 0.6 is 0 Å². The molecule has 139 heavy (non-hydrogen) atoms. The topological polar surface area (TPSA) is 587 Å². The van der Waals surface area contributed by atoms with Crippen molar-refractivity contribution in [2.24, 2.45) is 11.5 Å². The molecule has 0 spiro atoms. The van der Waals surface area contributed by atoms with Crippen molar-refractivity contribution in [3.8, 4) is 6.07 Å². The van der Waals surface area contributed by atoms with Gasteiger partial charge in [0.25, 0.3) is 17.7 Å². The second-order valence-corrected chi connectivity index (χ2v) is 32.0. The SMILES string of the molecule is CCC[C@@H](C=O)NC(=O)OCc1ccccc1.CCC[C@H](N)C(O)C(=O)NC1CC1.CCC[C@H](NC(=O)OCc1ccccc1)C(=O)N(C)OC.CCC[C@H](NC(=O)OCc1ccccc1)C(=O)O.CCC[C@H](NC(=O)OCc1ccccc1)C(O)C#N.CCC[C@H](NC(=O)OCc1ccccc1)C(O)C(=O)NC1CC1.CCC[C@H](NC(=O)OCc1ccccc1)C(O)C(=O)O.CNOC.NC1CC1. The van der Waals surface area contributed by atoms with Crippen LogP contribution in [0.1, 0.15) is 210 Å². The van der Waals surface area contributed by atoms with Crippen LogP contribution in [0.15, 0.2) is 182 Å². The number of rotatable bonds is 46. The fourth-order valence-electron chi connectivity index (χ4n) is 11.5. The van der Waals surface area contributed by atoms with Crippen molar-refractivity contribution >= 4 is 72.5 Å². The molecule has 9 rings (SSSR count). The standard InChI is InChI=1S/C17H24N2O4.C15H22N2O4.C14H18N2O3.C14H19NO5.C13H17NO4.C13H17NO3.C9H18N2O2.C3H7N.C2H7NO/c1-2-6-14(15(20)16(21)18-13-9-10-13)19-17(22)23-11-12-7-4-3-5-8-12;1-4-8-13(14(18)17(2)20-3)16-15(19)21-11-12-9-6-5-7-10-12;1-2-6-12(13(17)9-15)16-14(18)19-10-11-7-4-3-5-8-11;1-2-6-11(12(16)13(17)18)15-14(19)20-9-10-7-4-3-5-8-10;1-2-6-11(12(15)16)14-13(17)18-9-10-7-4-3-5-8-10;1-2-6-12(9-15)14-13(16)17-10-11-7-4-3-5-8-11;1-2-3-7(10)8(12)9(13)11-6-4-5-6;4-3-1-2-3;1-3-4-2/h3-5,7-8,13-15,20H,2,6,9-11H2,1H3,(H,18,21)(H,19,22);5-7,9-10,13H,4,8,11H2,1-3H3,(H,16,19);3-5,7-8,12-13,17H,2,6,10H2,1H3,(H,16,18);3-5,7-8,11-12,16H,2,6,9H2,1H3,(H,15,19)(H,17,18);3-5,7-8,11H,2,6,9H2,1H3,(H,14,17)(H,15,16);3-5,7-9,12H,2,6,10H2,1H3,(H,14,16);6-8,12H,2-5,10H2,1H3,(H,11,13);3H,1-2,4H2;3H,1-2H3/t14-,15?;13-;12-,13?;11-,12?;11-;12-;7-,8?;;/m0000000../s1. The molecule has 3 fully saturated rings. The number of ether oxygens (including phenoxy) is 6. The maximum Gasteiger partial charge on any atom is 0.408 e. The highest BCUT2D eigenvalue weighted by atomic mass is 16.7. The van der Waals surface area contributed by atoms with Gasteiger partial charge in [-0.25, -0.2) is 48.9 Å². The monoisotopic (exact) mass is 1950 g/mol. The molecule has 0 radical (unpaired) electrons. The van der Waals surface area contributed by atoms with E-state index in [0.29, 0.717) is 63.8 Å². The Bertz CT molecular complexity index is 4380. The number of aliphatic hydroxyl groups excluding tert-OH is 4. The van der Waals surface area contributed by atoms with E-state index in [-0.39, 0.29) is 63.5 Å². The van der Waals surface area contributed by atoms with Crippen molar-refractivity contribution in [3.05, 3.63) is 215 Å². The van der Waals surface area contributed by atoms with Crippen LogP contribution in [-0.4, -0.2) is 221 Å². The van der Waals surface area contributed by atoms with E-state index < -0.39 is 121 Å². The number of amides is 9. The predicted octanol–water partition coefficient (Wildman–Crippen LogP) is 11.4. The fourth-order valence-corrected chi connectivity index (χ4v) is 11.5. The van der Waals surface area contributed by atoms with Gasteiger partial charge in [-0.05, 0) is 117 Å². The average molecular weight is 1950 g/mol. The third-order valence-corrected chi connectivity index (χ3v) is 19.7.